The van der Waals surface area contributed by atoms with E-state index in [2.05, 4.69) is 10.6 Å². The zero-order valence-corrected chi connectivity index (χ0v) is 14.8. The van der Waals surface area contributed by atoms with Gasteiger partial charge >= 0.3 is 5.97 Å². The molecule has 2 heterocycles. The first-order valence-corrected chi connectivity index (χ1v) is 8.79. The Hall–Kier alpha value is -2.72. The predicted molar refractivity (Wildman–Crippen MR) is 94.4 cm³/mol. The molecule has 2 aromatic rings. The maximum Gasteiger partial charge on any atom is 0.342 e. The van der Waals surface area contributed by atoms with Crippen molar-refractivity contribution >= 4 is 51.4 Å². The van der Waals surface area contributed by atoms with Crippen LogP contribution in [0, 0.1) is 0 Å². The zero-order valence-electron chi connectivity index (χ0n) is 13.2. The van der Waals surface area contributed by atoms with Crippen LogP contribution in [0.3, 0.4) is 0 Å². The molecule has 4 N–H and O–H groups in total. The van der Waals surface area contributed by atoms with Crippen LogP contribution in [0.4, 0.5) is 5.00 Å². The Balaban J connectivity index is 2.16. The summed E-state index contributed by atoms with van der Waals surface area (Å²) in [6, 6.07) is 3.67. The van der Waals surface area contributed by atoms with Crippen molar-refractivity contribution in [1.29, 1.82) is 0 Å². The van der Waals surface area contributed by atoms with Crippen LogP contribution >= 0.6 is 22.7 Å². The average molecular weight is 381 g/mol. The van der Waals surface area contributed by atoms with Crippen molar-refractivity contribution in [2.45, 2.75) is 6.92 Å². The van der Waals surface area contributed by atoms with Gasteiger partial charge in [0, 0.05) is 22.7 Å². The number of thiophene rings is 2. The monoisotopic (exact) mass is 381 g/mol. The molecule has 0 saturated carbocycles. The number of rotatable bonds is 7. The molecule has 0 bridgehead atoms. The van der Waals surface area contributed by atoms with Gasteiger partial charge in [-0.25, -0.2) is 4.79 Å². The van der Waals surface area contributed by atoms with Gasteiger partial charge in [0.2, 0.25) is 11.8 Å². The summed E-state index contributed by atoms with van der Waals surface area (Å²) < 4.78 is 5.00. The highest BCUT2D eigenvalue weighted by Gasteiger charge is 2.23. The topological polar surface area (TPSA) is 128 Å². The number of carbonyl (C=O) groups excluding carboxylic acids is 4. The van der Waals surface area contributed by atoms with Gasteiger partial charge in [-0.3, -0.25) is 14.4 Å². The summed E-state index contributed by atoms with van der Waals surface area (Å²) in [5.74, 6) is -2.43. The molecule has 0 radical (unpaired) electrons. The molecular weight excluding hydrogens is 366 g/mol. The van der Waals surface area contributed by atoms with Crippen LogP contribution < -0.4 is 16.4 Å². The summed E-state index contributed by atoms with van der Waals surface area (Å²) in [6.45, 7) is 0.425. The minimum atomic E-state index is -0.748. The molecule has 0 fully saturated rings. The Morgan fingerprint density at radius 1 is 1.24 bits per heavy atom. The number of carbonyl (C=O) groups is 4. The van der Waals surface area contributed by atoms with E-state index in [9.17, 15) is 19.2 Å². The number of nitrogens with one attached hydrogen (secondary N) is 2. The van der Waals surface area contributed by atoms with Crippen molar-refractivity contribution in [3.63, 3.8) is 0 Å². The highest BCUT2D eigenvalue weighted by atomic mass is 32.1. The van der Waals surface area contributed by atoms with Crippen molar-refractivity contribution in [1.82, 2.24) is 5.32 Å². The highest BCUT2D eigenvalue weighted by molar-refractivity contribution is 7.17. The van der Waals surface area contributed by atoms with Gasteiger partial charge in [0.05, 0.1) is 6.54 Å². The Kier molecular flexibility index (Phi) is 6.25. The van der Waals surface area contributed by atoms with Crippen LogP contribution in [-0.4, -0.2) is 36.8 Å². The largest absolute Gasteiger partial charge is 0.452 e. The molecule has 2 rings (SSSR count). The smallest absolute Gasteiger partial charge is 0.342 e. The molecule has 8 nitrogen and oxygen atoms in total. The van der Waals surface area contributed by atoms with E-state index in [0.717, 1.165) is 4.88 Å². The number of primary amides is 1. The molecule has 2 aromatic heterocycles. The third kappa shape index (κ3) is 5.13. The summed E-state index contributed by atoms with van der Waals surface area (Å²) >= 11 is 2.62. The van der Waals surface area contributed by atoms with Crippen molar-refractivity contribution in [2.24, 2.45) is 5.73 Å². The molecular formula is C15H15N3O5S2. The molecule has 0 unspecified atom stereocenters. The summed E-state index contributed by atoms with van der Waals surface area (Å²) in [4.78, 5) is 46.8. The van der Waals surface area contributed by atoms with E-state index in [1.165, 1.54) is 29.6 Å². The van der Waals surface area contributed by atoms with E-state index < -0.39 is 24.4 Å². The minimum Gasteiger partial charge on any atom is -0.452 e. The lowest BCUT2D eigenvalue weighted by Crippen LogP contribution is -2.36. The molecule has 0 aliphatic heterocycles. The molecule has 0 saturated heterocycles. The van der Waals surface area contributed by atoms with Crippen LogP contribution in [0.2, 0.25) is 0 Å². The first-order chi connectivity index (χ1) is 11.9. The fourth-order valence-corrected chi connectivity index (χ4v) is 3.68. The third-order valence-electron chi connectivity index (χ3n) is 2.87. The number of ether oxygens (including phenoxy) is 1. The first-order valence-electron chi connectivity index (χ1n) is 7.03. The standard InChI is InChI=1S/C15H15N3O5S2/c1-8(19)18-14-13(9(7-25-14)10-3-2-4-24-10)15(22)23-6-12(21)17-5-11(16)20/h2-4,7H,5-6H2,1H3,(H2,16,20)(H,17,21)(H,18,19). The number of hydrogen-bond acceptors (Lipinski definition) is 7. The summed E-state index contributed by atoms with van der Waals surface area (Å²) in [5, 5.41) is 8.74. The third-order valence-corrected chi connectivity index (χ3v) is 4.66. The van der Waals surface area contributed by atoms with Crippen LogP contribution in [0.15, 0.2) is 22.9 Å². The van der Waals surface area contributed by atoms with Crippen molar-refractivity contribution < 1.29 is 23.9 Å². The van der Waals surface area contributed by atoms with E-state index in [4.69, 9.17) is 10.5 Å². The molecule has 132 valence electrons. The lowest BCUT2D eigenvalue weighted by atomic mass is 10.1. The number of hydrogen-bond donors (Lipinski definition) is 3. The summed E-state index contributed by atoms with van der Waals surface area (Å²) in [6.07, 6.45) is 0. The maximum atomic E-state index is 12.4. The first kappa shape index (κ1) is 18.6. The number of anilines is 1. The van der Waals surface area contributed by atoms with Crippen LogP contribution in [-0.2, 0) is 19.1 Å². The lowest BCUT2D eigenvalue weighted by molar-refractivity contribution is -0.127. The van der Waals surface area contributed by atoms with Gasteiger partial charge in [-0.1, -0.05) is 6.07 Å². The molecule has 25 heavy (non-hydrogen) atoms. The highest BCUT2D eigenvalue weighted by Crippen LogP contribution is 2.38. The fraction of sp³-hybridized carbons (Fsp3) is 0.200. The van der Waals surface area contributed by atoms with Gasteiger partial charge in [-0.2, -0.15) is 0 Å². The molecule has 10 heteroatoms. The predicted octanol–water partition coefficient (Wildman–Crippen LogP) is 1.19. The molecule has 3 amide bonds. The van der Waals surface area contributed by atoms with Gasteiger partial charge in [0.1, 0.15) is 10.6 Å². The van der Waals surface area contributed by atoms with E-state index in [1.54, 1.807) is 5.38 Å². The lowest BCUT2D eigenvalue weighted by Gasteiger charge is -2.08. The van der Waals surface area contributed by atoms with Gasteiger partial charge in [-0.15, -0.1) is 22.7 Å². The second-order valence-corrected chi connectivity index (χ2v) is 6.66. The SMILES string of the molecule is CC(=O)Nc1scc(-c2cccs2)c1C(=O)OCC(=O)NCC(N)=O. The molecule has 0 aromatic carbocycles. The van der Waals surface area contributed by atoms with Crippen LogP contribution in [0.1, 0.15) is 17.3 Å². The Morgan fingerprint density at radius 3 is 2.60 bits per heavy atom. The number of amides is 3. The van der Waals surface area contributed by atoms with Crippen molar-refractivity contribution in [3.8, 4) is 10.4 Å². The quantitative estimate of drug-likeness (QED) is 0.621. The van der Waals surface area contributed by atoms with E-state index >= 15 is 0 Å². The number of esters is 1. The second-order valence-electron chi connectivity index (χ2n) is 4.83. The molecule has 0 aliphatic rings. The summed E-state index contributed by atoms with van der Waals surface area (Å²) in [7, 11) is 0. The Bertz CT molecular complexity index is 798. The normalized spacial score (nSPS) is 10.1. The van der Waals surface area contributed by atoms with E-state index in [1.807, 2.05) is 17.5 Å². The van der Waals surface area contributed by atoms with Crippen LogP contribution in [0.25, 0.3) is 10.4 Å². The van der Waals surface area contributed by atoms with Gasteiger partial charge in [-0.05, 0) is 11.4 Å². The zero-order chi connectivity index (χ0) is 18.4. The molecule has 0 spiro atoms. The average Bonchev–Trinajstić information content (AvgIpc) is 3.19. The second kappa shape index (κ2) is 8.40. The maximum absolute atomic E-state index is 12.4. The van der Waals surface area contributed by atoms with Gasteiger partial charge < -0.3 is 21.1 Å². The van der Waals surface area contributed by atoms with Crippen molar-refractivity contribution in [3.05, 3.63) is 28.5 Å². The van der Waals surface area contributed by atoms with E-state index in [-0.39, 0.29) is 18.0 Å². The van der Waals surface area contributed by atoms with Crippen LogP contribution in [0.5, 0.6) is 0 Å². The molecule has 0 atom stereocenters. The molecule has 0 aliphatic carbocycles. The van der Waals surface area contributed by atoms with Gasteiger partial charge in [0.25, 0.3) is 5.91 Å². The van der Waals surface area contributed by atoms with E-state index in [0.29, 0.717) is 10.6 Å². The van der Waals surface area contributed by atoms with Gasteiger partial charge in [0.15, 0.2) is 6.61 Å². The minimum absolute atomic E-state index is 0.186. The Labute approximate surface area is 151 Å². The van der Waals surface area contributed by atoms with Crippen molar-refractivity contribution in [2.75, 3.05) is 18.5 Å². The fourth-order valence-electron chi connectivity index (χ4n) is 1.87. The summed E-state index contributed by atoms with van der Waals surface area (Å²) in [5.41, 5.74) is 5.72. The Morgan fingerprint density at radius 2 is 2.00 bits per heavy atom. The number of nitrogens with two attached hydrogens (primary N) is 1.